The van der Waals surface area contributed by atoms with Crippen molar-refractivity contribution in [3.05, 3.63) is 44.5 Å². The second kappa shape index (κ2) is 6.03. The molecule has 0 saturated heterocycles. The van der Waals surface area contributed by atoms with Crippen LogP contribution in [0.5, 0.6) is 0 Å². The molecule has 1 rings (SSSR count). The summed E-state index contributed by atoms with van der Waals surface area (Å²) in [6.07, 6.45) is 2.00. The third kappa shape index (κ3) is 3.63. The molecule has 0 atom stereocenters. The van der Waals surface area contributed by atoms with Gasteiger partial charge in [-0.15, -0.1) is 0 Å². The largest absolute Gasteiger partial charge is 0.349 e. The van der Waals surface area contributed by atoms with Crippen LogP contribution in [0.1, 0.15) is 29.8 Å². The fourth-order valence-corrected chi connectivity index (χ4v) is 1.87. The van der Waals surface area contributed by atoms with E-state index in [0.717, 1.165) is 14.7 Å². The van der Waals surface area contributed by atoms with Crippen LogP contribution >= 0.6 is 22.6 Å². The first kappa shape index (κ1) is 13.2. The number of benzene rings is 1. The van der Waals surface area contributed by atoms with Gasteiger partial charge in [0.25, 0.3) is 5.91 Å². The van der Waals surface area contributed by atoms with Crippen molar-refractivity contribution in [2.24, 2.45) is 0 Å². The molecule has 0 fully saturated rings. The van der Waals surface area contributed by atoms with Gasteiger partial charge in [-0.25, -0.2) is 0 Å². The Kier molecular flexibility index (Phi) is 4.99. The van der Waals surface area contributed by atoms with Crippen molar-refractivity contribution in [3.8, 4) is 0 Å². The minimum absolute atomic E-state index is 0.00870. The van der Waals surface area contributed by atoms with Gasteiger partial charge in [-0.2, -0.15) is 0 Å². The van der Waals surface area contributed by atoms with Crippen LogP contribution in [-0.4, -0.2) is 12.5 Å². The SMILES string of the molecule is CC(C)=CCNC(=O)c1cccc(C)c1I. The Morgan fingerprint density at radius 2 is 2.12 bits per heavy atom. The quantitative estimate of drug-likeness (QED) is 0.669. The molecular formula is C13H16INO. The van der Waals surface area contributed by atoms with Crippen molar-refractivity contribution in [2.75, 3.05) is 6.54 Å². The first-order valence-electron chi connectivity index (χ1n) is 5.19. The summed E-state index contributed by atoms with van der Waals surface area (Å²) in [6, 6.07) is 5.77. The Morgan fingerprint density at radius 1 is 1.44 bits per heavy atom. The second-order valence-electron chi connectivity index (χ2n) is 3.93. The standard InChI is InChI=1S/C13H16INO/c1-9(2)7-8-15-13(16)11-6-4-5-10(3)12(11)14/h4-7H,8H2,1-3H3,(H,15,16). The molecule has 0 aliphatic rings. The number of amides is 1. The van der Waals surface area contributed by atoms with Crippen LogP contribution in [0.3, 0.4) is 0 Å². The van der Waals surface area contributed by atoms with Gasteiger partial charge in [0.1, 0.15) is 0 Å². The van der Waals surface area contributed by atoms with Crippen LogP contribution in [0.25, 0.3) is 0 Å². The highest BCUT2D eigenvalue weighted by atomic mass is 127. The van der Waals surface area contributed by atoms with Gasteiger partial charge in [0.05, 0.1) is 5.56 Å². The van der Waals surface area contributed by atoms with E-state index in [0.29, 0.717) is 6.54 Å². The summed E-state index contributed by atoms with van der Waals surface area (Å²) < 4.78 is 1.02. The molecule has 0 aliphatic heterocycles. The van der Waals surface area contributed by atoms with Crippen LogP contribution in [0.15, 0.2) is 29.8 Å². The van der Waals surface area contributed by atoms with Gasteiger partial charge in [-0.1, -0.05) is 23.8 Å². The Balaban J connectivity index is 2.74. The number of nitrogens with one attached hydrogen (secondary N) is 1. The fraction of sp³-hybridized carbons (Fsp3) is 0.308. The van der Waals surface area contributed by atoms with Crippen LogP contribution in [-0.2, 0) is 0 Å². The van der Waals surface area contributed by atoms with Crippen molar-refractivity contribution >= 4 is 28.5 Å². The summed E-state index contributed by atoms with van der Waals surface area (Å²) in [4.78, 5) is 11.9. The highest BCUT2D eigenvalue weighted by Gasteiger charge is 2.09. The Bertz CT molecular complexity index is 420. The van der Waals surface area contributed by atoms with Crippen LogP contribution < -0.4 is 5.32 Å². The first-order valence-corrected chi connectivity index (χ1v) is 6.27. The maximum absolute atomic E-state index is 11.9. The van der Waals surface area contributed by atoms with E-state index < -0.39 is 0 Å². The van der Waals surface area contributed by atoms with Gasteiger partial charge in [-0.3, -0.25) is 4.79 Å². The Morgan fingerprint density at radius 3 is 2.75 bits per heavy atom. The number of carbonyl (C=O) groups is 1. The number of hydrogen-bond acceptors (Lipinski definition) is 1. The molecule has 1 aromatic carbocycles. The lowest BCUT2D eigenvalue weighted by molar-refractivity contribution is 0.0957. The van der Waals surface area contributed by atoms with Gasteiger partial charge in [0.15, 0.2) is 0 Å². The smallest absolute Gasteiger partial charge is 0.252 e. The first-order chi connectivity index (χ1) is 7.52. The lowest BCUT2D eigenvalue weighted by Gasteiger charge is -2.07. The molecule has 0 unspecified atom stereocenters. The highest BCUT2D eigenvalue weighted by Crippen LogP contribution is 2.16. The molecule has 1 aromatic rings. The number of carbonyl (C=O) groups excluding carboxylic acids is 1. The maximum Gasteiger partial charge on any atom is 0.252 e. The number of aryl methyl sites for hydroxylation is 1. The van der Waals surface area contributed by atoms with E-state index in [4.69, 9.17) is 0 Å². The zero-order chi connectivity index (χ0) is 12.1. The molecule has 0 aliphatic carbocycles. The molecule has 1 amide bonds. The van der Waals surface area contributed by atoms with Crippen molar-refractivity contribution in [1.82, 2.24) is 5.32 Å². The summed E-state index contributed by atoms with van der Waals surface area (Å²) >= 11 is 2.21. The molecule has 2 nitrogen and oxygen atoms in total. The third-order valence-electron chi connectivity index (χ3n) is 2.21. The van der Waals surface area contributed by atoms with E-state index in [1.165, 1.54) is 5.57 Å². The molecule has 3 heteroatoms. The summed E-state index contributed by atoms with van der Waals surface area (Å²) in [5.74, 6) is -0.00870. The van der Waals surface area contributed by atoms with Gasteiger partial charge < -0.3 is 5.32 Å². The average molecular weight is 329 g/mol. The molecule has 0 aromatic heterocycles. The number of hydrogen-bond donors (Lipinski definition) is 1. The summed E-state index contributed by atoms with van der Waals surface area (Å²) in [6.45, 7) is 6.63. The Labute approximate surface area is 110 Å². The van der Waals surface area contributed by atoms with Gasteiger partial charge >= 0.3 is 0 Å². The Hall–Kier alpha value is -0.840. The van der Waals surface area contributed by atoms with E-state index in [9.17, 15) is 4.79 Å². The predicted octanol–water partition coefficient (Wildman–Crippen LogP) is 3.30. The normalized spacial score (nSPS) is 9.75. The van der Waals surface area contributed by atoms with Crippen LogP contribution in [0.4, 0.5) is 0 Å². The van der Waals surface area contributed by atoms with Crippen molar-refractivity contribution < 1.29 is 4.79 Å². The van der Waals surface area contributed by atoms with E-state index in [2.05, 4.69) is 27.9 Å². The zero-order valence-electron chi connectivity index (χ0n) is 9.80. The van der Waals surface area contributed by atoms with Gasteiger partial charge in [0.2, 0.25) is 0 Å². The van der Waals surface area contributed by atoms with E-state index in [1.54, 1.807) is 0 Å². The monoisotopic (exact) mass is 329 g/mol. The molecule has 0 spiro atoms. The van der Waals surface area contributed by atoms with Gasteiger partial charge in [0, 0.05) is 10.1 Å². The predicted molar refractivity (Wildman–Crippen MR) is 75.7 cm³/mol. The fourth-order valence-electron chi connectivity index (χ4n) is 1.27. The second-order valence-corrected chi connectivity index (χ2v) is 5.01. The third-order valence-corrected chi connectivity index (χ3v) is 3.64. The number of rotatable bonds is 3. The molecule has 0 saturated carbocycles. The zero-order valence-corrected chi connectivity index (χ0v) is 12.0. The number of allylic oxidation sites excluding steroid dienone is 1. The minimum atomic E-state index is -0.00870. The molecule has 1 N–H and O–H groups in total. The summed E-state index contributed by atoms with van der Waals surface area (Å²) in [7, 11) is 0. The van der Waals surface area contributed by atoms with Crippen molar-refractivity contribution in [3.63, 3.8) is 0 Å². The van der Waals surface area contributed by atoms with Crippen molar-refractivity contribution in [2.45, 2.75) is 20.8 Å². The molecule has 0 heterocycles. The molecule has 86 valence electrons. The topological polar surface area (TPSA) is 29.1 Å². The molecule has 0 radical (unpaired) electrons. The summed E-state index contributed by atoms with van der Waals surface area (Å²) in [5, 5.41) is 2.88. The maximum atomic E-state index is 11.9. The summed E-state index contributed by atoms with van der Waals surface area (Å²) in [5.41, 5.74) is 3.09. The van der Waals surface area contributed by atoms with Crippen LogP contribution in [0.2, 0.25) is 0 Å². The molecule has 0 bridgehead atoms. The lowest BCUT2D eigenvalue weighted by Crippen LogP contribution is -2.24. The number of halogens is 1. The molecular weight excluding hydrogens is 313 g/mol. The highest BCUT2D eigenvalue weighted by molar-refractivity contribution is 14.1. The minimum Gasteiger partial charge on any atom is -0.349 e. The van der Waals surface area contributed by atoms with E-state index in [1.807, 2.05) is 45.0 Å². The lowest BCUT2D eigenvalue weighted by atomic mass is 10.1. The van der Waals surface area contributed by atoms with E-state index in [-0.39, 0.29) is 5.91 Å². The van der Waals surface area contributed by atoms with E-state index >= 15 is 0 Å². The van der Waals surface area contributed by atoms with Crippen molar-refractivity contribution in [1.29, 1.82) is 0 Å². The molecule has 16 heavy (non-hydrogen) atoms. The average Bonchev–Trinajstić information content (AvgIpc) is 2.21. The van der Waals surface area contributed by atoms with Crippen LogP contribution in [0, 0.1) is 10.5 Å². The van der Waals surface area contributed by atoms with Gasteiger partial charge in [-0.05, 0) is 55.0 Å².